The maximum atomic E-state index is 13.4. The molecular formula is C31H31F2N5O2S. The Bertz CT molecular complexity index is 1510. The molecule has 41 heavy (non-hydrogen) atoms. The Kier molecular flexibility index (Phi) is 9.51. The first kappa shape index (κ1) is 28.6. The normalized spacial score (nSPS) is 16.8. The Morgan fingerprint density at radius 3 is 2.20 bits per heavy atom. The van der Waals surface area contributed by atoms with Crippen molar-refractivity contribution < 1.29 is 13.6 Å². The van der Waals surface area contributed by atoms with Gasteiger partial charge in [-0.25, -0.2) is 18.7 Å². The average Bonchev–Trinajstić information content (AvgIpc) is 2.99. The van der Waals surface area contributed by atoms with Crippen molar-refractivity contribution in [3.8, 4) is 0 Å². The number of hydrogen-bond acceptors (Lipinski definition) is 6. The van der Waals surface area contributed by atoms with Gasteiger partial charge in [-0.1, -0.05) is 36.0 Å². The van der Waals surface area contributed by atoms with Crippen molar-refractivity contribution in [1.82, 2.24) is 24.8 Å². The van der Waals surface area contributed by atoms with E-state index in [1.165, 1.54) is 42.4 Å². The molecule has 0 aliphatic heterocycles. The van der Waals surface area contributed by atoms with E-state index in [4.69, 9.17) is 0 Å². The van der Waals surface area contributed by atoms with Crippen LogP contribution in [0.25, 0.3) is 0 Å². The molecule has 1 aliphatic rings. The molecule has 1 fully saturated rings. The summed E-state index contributed by atoms with van der Waals surface area (Å²) in [5.41, 5.74) is 2.92. The monoisotopic (exact) mass is 575 g/mol. The summed E-state index contributed by atoms with van der Waals surface area (Å²) in [5, 5.41) is 3.60. The number of benzene rings is 2. The first-order valence-electron chi connectivity index (χ1n) is 13.7. The third kappa shape index (κ3) is 8.07. The topological polar surface area (TPSA) is 89.8 Å². The standard InChI is InChI=1S/C31H31F2N5O2S/c32-27-9-3-21(4-10-27)16-36-29(39)25-7-1-22(2-8-25)17-38-18-26(13-24-14-34-20-35-15-24)30(40)37-31(38)41-19-23-5-11-28(33)12-6-23/h3-6,9-12,14-15,18,20,22,25H,1-2,7-8,13,16-17,19H2,(H,36,39)/t22-,25-. The van der Waals surface area contributed by atoms with Crippen LogP contribution < -0.4 is 10.9 Å². The molecule has 2 aromatic carbocycles. The molecule has 0 unspecified atom stereocenters. The predicted octanol–water partition coefficient (Wildman–Crippen LogP) is 5.32. The van der Waals surface area contributed by atoms with Gasteiger partial charge in [-0.05, 0) is 72.6 Å². The fourth-order valence-electron chi connectivity index (χ4n) is 5.08. The Balaban J connectivity index is 1.24. The Morgan fingerprint density at radius 2 is 1.54 bits per heavy atom. The number of thioether (sulfide) groups is 1. The minimum Gasteiger partial charge on any atom is -0.352 e. The molecular weight excluding hydrogens is 544 g/mol. The van der Waals surface area contributed by atoms with Gasteiger partial charge in [0.25, 0.3) is 5.56 Å². The van der Waals surface area contributed by atoms with E-state index in [1.54, 1.807) is 36.7 Å². The van der Waals surface area contributed by atoms with Gasteiger partial charge in [-0.3, -0.25) is 9.59 Å². The number of rotatable bonds is 10. The van der Waals surface area contributed by atoms with Crippen molar-refractivity contribution >= 4 is 17.7 Å². The summed E-state index contributed by atoms with van der Waals surface area (Å²) in [6.45, 7) is 1.06. The first-order valence-corrected chi connectivity index (χ1v) is 14.6. The zero-order valence-electron chi connectivity index (χ0n) is 22.5. The number of carbonyl (C=O) groups is 1. The van der Waals surface area contributed by atoms with Crippen LogP contribution >= 0.6 is 11.8 Å². The SMILES string of the molecule is O=c1nc(SCc2ccc(F)cc2)n(C[C@H]2CC[C@H](C(=O)NCc3ccc(F)cc3)CC2)cc1Cc1cncnc1. The minimum absolute atomic E-state index is 0.0284. The van der Waals surface area contributed by atoms with Crippen molar-refractivity contribution in [2.45, 2.75) is 56.1 Å². The van der Waals surface area contributed by atoms with Gasteiger partial charge < -0.3 is 9.88 Å². The second-order valence-corrected chi connectivity index (χ2v) is 11.3. The average molecular weight is 576 g/mol. The molecule has 5 rings (SSSR count). The van der Waals surface area contributed by atoms with Gasteiger partial charge in [-0.2, -0.15) is 4.98 Å². The summed E-state index contributed by atoms with van der Waals surface area (Å²) in [6, 6.07) is 12.5. The van der Waals surface area contributed by atoms with Crippen LogP contribution in [-0.4, -0.2) is 25.4 Å². The zero-order valence-corrected chi connectivity index (χ0v) is 23.3. The highest BCUT2D eigenvalue weighted by Gasteiger charge is 2.27. The van der Waals surface area contributed by atoms with Crippen LogP contribution in [-0.2, 0) is 30.1 Å². The van der Waals surface area contributed by atoms with E-state index >= 15 is 0 Å². The van der Waals surface area contributed by atoms with Gasteiger partial charge in [0, 0.05) is 55.3 Å². The van der Waals surface area contributed by atoms with Crippen molar-refractivity contribution in [1.29, 1.82) is 0 Å². The van der Waals surface area contributed by atoms with E-state index in [0.717, 1.165) is 42.4 Å². The molecule has 1 aliphatic carbocycles. The number of hydrogen-bond donors (Lipinski definition) is 1. The highest BCUT2D eigenvalue weighted by molar-refractivity contribution is 7.98. The van der Waals surface area contributed by atoms with Crippen LogP contribution in [0.3, 0.4) is 0 Å². The van der Waals surface area contributed by atoms with Crippen molar-refractivity contribution in [2.75, 3.05) is 0 Å². The smallest absolute Gasteiger partial charge is 0.277 e. The van der Waals surface area contributed by atoms with Crippen LogP contribution in [0.1, 0.15) is 47.9 Å². The van der Waals surface area contributed by atoms with Crippen LogP contribution in [0.5, 0.6) is 0 Å². The number of amides is 1. The Hall–Kier alpha value is -3.92. The lowest BCUT2D eigenvalue weighted by Crippen LogP contribution is -2.33. The molecule has 0 bridgehead atoms. The zero-order chi connectivity index (χ0) is 28.6. The lowest BCUT2D eigenvalue weighted by molar-refractivity contribution is -0.126. The van der Waals surface area contributed by atoms with E-state index in [0.29, 0.717) is 41.9 Å². The van der Waals surface area contributed by atoms with Gasteiger partial charge in [0.1, 0.15) is 18.0 Å². The maximum Gasteiger partial charge on any atom is 0.277 e. The third-order valence-electron chi connectivity index (χ3n) is 7.37. The maximum absolute atomic E-state index is 13.4. The molecule has 0 radical (unpaired) electrons. The lowest BCUT2D eigenvalue weighted by Gasteiger charge is -2.29. The molecule has 7 nitrogen and oxygen atoms in total. The van der Waals surface area contributed by atoms with E-state index in [9.17, 15) is 18.4 Å². The molecule has 1 amide bonds. The third-order valence-corrected chi connectivity index (χ3v) is 8.43. The van der Waals surface area contributed by atoms with Crippen LogP contribution in [0, 0.1) is 23.5 Å². The van der Waals surface area contributed by atoms with Gasteiger partial charge in [-0.15, -0.1) is 0 Å². The van der Waals surface area contributed by atoms with Crippen molar-refractivity contribution in [3.63, 3.8) is 0 Å². The number of halogens is 2. The van der Waals surface area contributed by atoms with Crippen LogP contribution in [0.15, 0.2) is 83.4 Å². The largest absolute Gasteiger partial charge is 0.352 e. The van der Waals surface area contributed by atoms with E-state index in [2.05, 4.69) is 20.3 Å². The molecule has 2 aromatic heterocycles. The summed E-state index contributed by atoms with van der Waals surface area (Å²) in [7, 11) is 0. The lowest BCUT2D eigenvalue weighted by atomic mass is 9.81. The summed E-state index contributed by atoms with van der Waals surface area (Å²) >= 11 is 1.45. The van der Waals surface area contributed by atoms with E-state index in [1.807, 2.05) is 10.8 Å². The minimum atomic E-state index is -0.297. The van der Waals surface area contributed by atoms with E-state index < -0.39 is 0 Å². The fourth-order valence-corrected chi connectivity index (χ4v) is 6.01. The summed E-state index contributed by atoms with van der Waals surface area (Å²) in [4.78, 5) is 38.3. The highest BCUT2D eigenvalue weighted by Crippen LogP contribution is 2.31. The molecule has 212 valence electrons. The van der Waals surface area contributed by atoms with Gasteiger partial charge in [0.05, 0.1) is 0 Å². The van der Waals surface area contributed by atoms with Crippen LogP contribution in [0.4, 0.5) is 8.78 Å². The Morgan fingerprint density at radius 1 is 0.902 bits per heavy atom. The second kappa shape index (κ2) is 13.6. The number of carbonyl (C=O) groups excluding carboxylic acids is 1. The summed E-state index contributed by atoms with van der Waals surface area (Å²) in [6.07, 6.45) is 10.4. The quantitative estimate of drug-likeness (QED) is 0.204. The molecule has 0 saturated heterocycles. The molecule has 4 aromatic rings. The second-order valence-electron chi connectivity index (χ2n) is 10.4. The van der Waals surface area contributed by atoms with Crippen LogP contribution in [0.2, 0.25) is 0 Å². The highest BCUT2D eigenvalue weighted by atomic mass is 32.2. The number of nitrogens with one attached hydrogen (secondary N) is 1. The first-order chi connectivity index (χ1) is 19.9. The molecule has 1 N–H and O–H groups in total. The molecule has 1 saturated carbocycles. The molecule has 2 heterocycles. The number of nitrogens with zero attached hydrogens (tertiary/aromatic N) is 4. The fraction of sp³-hybridized carbons (Fsp3) is 0.323. The number of aromatic nitrogens is 4. The predicted molar refractivity (Wildman–Crippen MR) is 153 cm³/mol. The van der Waals surface area contributed by atoms with Crippen molar-refractivity contribution in [2.24, 2.45) is 11.8 Å². The van der Waals surface area contributed by atoms with Gasteiger partial charge in [0.15, 0.2) is 5.16 Å². The van der Waals surface area contributed by atoms with Gasteiger partial charge >= 0.3 is 0 Å². The molecule has 0 spiro atoms. The Labute approximate surface area is 241 Å². The van der Waals surface area contributed by atoms with E-state index in [-0.39, 0.29) is 29.0 Å². The molecule has 10 heteroatoms. The summed E-state index contributed by atoms with van der Waals surface area (Å²) in [5.74, 6) is 0.274. The summed E-state index contributed by atoms with van der Waals surface area (Å²) < 4.78 is 28.5. The van der Waals surface area contributed by atoms with Crippen molar-refractivity contribution in [3.05, 3.63) is 118 Å². The molecule has 0 atom stereocenters. The van der Waals surface area contributed by atoms with Gasteiger partial charge in [0.2, 0.25) is 5.91 Å².